The largest absolute Gasteiger partial charge is 0.496 e. The SMILES string of the molecule is COc1cc(N2CCC(N3CCN(CC(=O)NCCCCC#Cc4cccc5c4CN(C4CCC(=O)NC4=O)C5=O)CC3)CC2)ccc1Cc1ncc(Cl)c(Cc2ccccc2P(C)(C)=O)n1. The number of amides is 4. The zero-order valence-electron chi connectivity index (χ0n) is 38.7. The fourth-order valence-corrected chi connectivity index (χ4v) is 11.2. The molecule has 4 aliphatic heterocycles. The number of carbonyl (C=O) groups is 4. The van der Waals surface area contributed by atoms with Crippen molar-refractivity contribution in [2.75, 3.05) is 77.7 Å². The summed E-state index contributed by atoms with van der Waals surface area (Å²) < 4.78 is 18.9. The van der Waals surface area contributed by atoms with Crippen molar-refractivity contribution < 1.29 is 28.5 Å². The fraction of sp³-hybridized carbons (Fsp3) is 0.451. The Bertz CT molecular complexity index is 2610. The van der Waals surface area contributed by atoms with Crippen molar-refractivity contribution >= 4 is 53.4 Å². The maximum Gasteiger partial charge on any atom is 0.255 e. The maximum absolute atomic E-state index is 13.1. The molecule has 0 bridgehead atoms. The summed E-state index contributed by atoms with van der Waals surface area (Å²) in [5.74, 6) is 7.01. The summed E-state index contributed by atoms with van der Waals surface area (Å²) in [6.45, 7) is 10.4. The van der Waals surface area contributed by atoms with E-state index >= 15 is 0 Å². The molecule has 0 aliphatic carbocycles. The predicted molar refractivity (Wildman–Crippen MR) is 261 cm³/mol. The second-order valence-corrected chi connectivity index (χ2v) is 21.9. The van der Waals surface area contributed by atoms with Crippen LogP contribution in [0, 0.1) is 11.8 Å². The molecule has 3 aromatic carbocycles. The van der Waals surface area contributed by atoms with Crippen molar-refractivity contribution in [3.63, 3.8) is 0 Å². The van der Waals surface area contributed by atoms with Crippen LogP contribution in [0.15, 0.2) is 66.9 Å². The Hall–Kier alpha value is -5.58. The van der Waals surface area contributed by atoms with Crippen molar-refractivity contribution in [2.24, 2.45) is 0 Å². The molecule has 2 N–H and O–H groups in total. The molecule has 5 heterocycles. The molecule has 0 radical (unpaired) electrons. The van der Waals surface area contributed by atoms with Gasteiger partial charge in [0.2, 0.25) is 17.7 Å². The van der Waals surface area contributed by atoms with Gasteiger partial charge in [0.05, 0.1) is 24.4 Å². The Morgan fingerprint density at radius 1 is 0.940 bits per heavy atom. The highest BCUT2D eigenvalue weighted by molar-refractivity contribution is 7.70. The van der Waals surface area contributed by atoms with Crippen LogP contribution in [0.5, 0.6) is 5.75 Å². The number of piperazine rings is 1. The van der Waals surface area contributed by atoms with Crippen molar-refractivity contribution in [2.45, 2.75) is 76.4 Å². The number of hydrogen-bond acceptors (Lipinski definition) is 11. The van der Waals surface area contributed by atoms with E-state index < -0.39 is 19.1 Å². The highest BCUT2D eigenvalue weighted by Gasteiger charge is 2.40. The number of piperidine rings is 2. The molecule has 1 atom stereocenters. The summed E-state index contributed by atoms with van der Waals surface area (Å²) in [6, 6.07) is 19.5. The lowest BCUT2D eigenvalue weighted by atomic mass is 10.0. The van der Waals surface area contributed by atoms with Crippen molar-refractivity contribution in [1.29, 1.82) is 0 Å². The summed E-state index contributed by atoms with van der Waals surface area (Å²) in [5.41, 5.74) is 5.96. The zero-order chi connectivity index (χ0) is 47.1. The van der Waals surface area contributed by atoms with Gasteiger partial charge in [0.15, 0.2) is 0 Å². The highest BCUT2D eigenvalue weighted by Crippen LogP contribution is 2.37. The van der Waals surface area contributed by atoms with E-state index in [4.69, 9.17) is 21.3 Å². The lowest BCUT2D eigenvalue weighted by Gasteiger charge is -2.43. The summed E-state index contributed by atoms with van der Waals surface area (Å²) in [5, 5.41) is 6.76. The van der Waals surface area contributed by atoms with E-state index in [-0.39, 0.29) is 24.1 Å². The van der Waals surface area contributed by atoms with E-state index in [2.05, 4.69) is 60.4 Å². The molecule has 14 nitrogen and oxygen atoms in total. The lowest BCUT2D eigenvalue weighted by molar-refractivity contribution is -0.137. The van der Waals surface area contributed by atoms with Crippen LogP contribution in [0.2, 0.25) is 5.02 Å². The molecular formula is C51H60ClN8O6P. The van der Waals surface area contributed by atoms with Gasteiger partial charge in [-0.3, -0.25) is 34.3 Å². The minimum atomic E-state index is -2.48. The first-order chi connectivity index (χ1) is 32.3. The van der Waals surface area contributed by atoms with E-state index in [0.717, 1.165) is 104 Å². The number of unbranched alkanes of at least 4 members (excludes halogenated alkanes) is 2. The highest BCUT2D eigenvalue weighted by atomic mass is 35.5. The van der Waals surface area contributed by atoms with Crippen LogP contribution in [0.4, 0.5) is 5.69 Å². The molecule has 4 amide bonds. The molecule has 0 saturated carbocycles. The Kier molecular flexibility index (Phi) is 15.4. The van der Waals surface area contributed by atoms with E-state index in [1.54, 1.807) is 37.6 Å². The molecule has 3 saturated heterocycles. The molecule has 67 heavy (non-hydrogen) atoms. The Morgan fingerprint density at radius 3 is 2.49 bits per heavy atom. The molecule has 4 aromatic rings. The second-order valence-electron chi connectivity index (χ2n) is 18.3. The Labute approximate surface area is 398 Å². The van der Waals surface area contributed by atoms with E-state index in [1.807, 2.05) is 36.4 Å². The van der Waals surface area contributed by atoms with E-state index in [1.165, 1.54) is 0 Å². The molecule has 1 unspecified atom stereocenters. The summed E-state index contributed by atoms with van der Waals surface area (Å²) in [6.07, 6.45) is 7.62. The van der Waals surface area contributed by atoms with Gasteiger partial charge in [0.1, 0.15) is 24.8 Å². The third-order valence-corrected chi connectivity index (χ3v) is 15.3. The van der Waals surface area contributed by atoms with Crippen LogP contribution in [0.1, 0.15) is 89.1 Å². The number of anilines is 1. The van der Waals surface area contributed by atoms with Gasteiger partial charge in [-0.1, -0.05) is 59.8 Å². The molecule has 0 spiro atoms. The first kappa shape index (κ1) is 47.9. The zero-order valence-corrected chi connectivity index (χ0v) is 40.3. The molecule has 3 fully saturated rings. The van der Waals surface area contributed by atoms with Gasteiger partial charge in [0.25, 0.3) is 5.91 Å². The van der Waals surface area contributed by atoms with Crippen molar-refractivity contribution in [3.05, 3.63) is 111 Å². The second kappa shape index (κ2) is 21.6. The van der Waals surface area contributed by atoms with Crippen LogP contribution < -0.4 is 25.6 Å². The quantitative estimate of drug-likeness (QED) is 0.0695. The normalized spacial score (nSPS) is 18.3. The third-order valence-electron chi connectivity index (χ3n) is 13.4. The number of halogens is 1. The number of aromatic nitrogens is 2. The summed E-state index contributed by atoms with van der Waals surface area (Å²) in [7, 11) is -0.781. The molecule has 8 rings (SSSR count). The van der Waals surface area contributed by atoms with E-state index in [0.29, 0.717) is 73.5 Å². The first-order valence-electron chi connectivity index (χ1n) is 23.4. The van der Waals surface area contributed by atoms with Gasteiger partial charge >= 0.3 is 0 Å². The van der Waals surface area contributed by atoms with Crippen LogP contribution in [-0.4, -0.2) is 133 Å². The van der Waals surface area contributed by atoms with Gasteiger partial charge in [-0.05, 0) is 74.8 Å². The smallest absolute Gasteiger partial charge is 0.255 e. The number of nitrogens with zero attached hydrogens (tertiary/aromatic N) is 6. The molecule has 16 heteroatoms. The maximum atomic E-state index is 13.1. The number of fused-ring (bicyclic) bond motifs is 1. The number of methoxy groups -OCH3 is 1. The van der Waals surface area contributed by atoms with Gasteiger partial charge in [-0.25, -0.2) is 9.97 Å². The van der Waals surface area contributed by atoms with Crippen molar-refractivity contribution in [3.8, 4) is 17.6 Å². The number of carbonyl (C=O) groups excluding carboxylic acids is 4. The average Bonchev–Trinajstić information content (AvgIpc) is 3.66. The van der Waals surface area contributed by atoms with Crippen molar-refractivity contribution in [1.82, 2.24) is 35.3 Å². The van der Waals surface area contributed by atoms with E-state index in [9.17, 15) is 23.7 Å². The minimum absolute atomic E-state index is 0.0494. The predicted octanol–water partition coefficient (Wildman–Crippen LogP) is 5.25. The summed E-state index contributed by atoms with van der Waals surface area (Å²) in [4.78, 5) is 68.2. The lowest BCUT2D eigenvalue weighted by Crippen LogP contribution is -2.54. The molecule has 4 aliphatic rings. The number of imide groups is 1. The third kappa shape index (κ3) is 11.8. The number of hydrogen-bond donors (Lipinski definition) is 2. The standard InChI is InChI=1S/C51H60ClN8O6P/c1-66-45-31-39(17-16-36(45)30-47-54-32-42(52)43(55-47)29-37-12-7-8-15-46(37)67(2,3)65)58-23-20-38(21-24-58)59-27-25-57(26-28-59)34-49(62)53-22-9-5-4-6-11-35-13-10-14-40-41(35)33-60(51(40)64)44-18-19-48(61)56-50(44)63/h7-8,10,12-17,31-32,38,44H,4-5,9,18-30,33-34H2,1-3H3,(H,53,62)(H,56,61,63). The number of rotatable bonds is 15. The molecular weight excluding hydrogens is 887 g/mol. The average molecular weight is 948 g/mol. The van der Waals surface area contributed by atoms with Crippen LogP contribution in [0.25, 0.3) is 0 Å². The first-order valence-corrected chi connectivity index (χ1v) is 26.4. The fourth-order valence-electron chi connectivity index (χ4n) is 9.73. The Balaban J connectivity index is 0.731. The van der Waals surface area contributed by atoms with Crippen LogP contribution >= 0.6 is 18.7 Å². The van der Waals surface area contributed by atoms with Gasteiger partial charge in [-0.2, -0.15) is 0 Å². The van der Waals surface area contributed by atoms with Gasteiger partial charge in [-0.15, -0.1) is 0 Å². The van der Waals surface area contributed by atoms with Crippen LogP contribution in [0.3, 0.4) is 0 Å². The number of benzene rings is 3. The topological polar surface area (TPSA) is 157 Å². The van der Waals surface area contributed by atoms with Gasteiger partial charge < -0.3 is 24.4 Å². The number of nitrogens with one attached hydrogen (secondary N) is 2. The van der Waals surface area contributed by atoms with Crippen LogP contribution in [-0.2, 0) is 38.3 Å². The molecule has 352 valence electrons. The molecule has 1 aromatic heterocycles. The Morgan fingerprint density at radius 2 is 1.73 bits per heavy atom. The summed E-state index contributed by atoms with van der Waals surface area (Å²) >= 11 is 6.57. The number of ether oxygens (including phenoxy) is 1. The monoisotopic (exact) mass is 946 g/mol. The van der Waals surface area contributed by atoms with Gasteiger partial charge in [0, 0.05) is 124 Å². The minimum Gasteiger partial charge on any atom is -0.496 e.